The van der Waals surface area contributed by atoms with Gasteiger partial charge in [0.1, 0.15) is 10.9 Å². The second kappa shape index (κ2) is 7.58. The largest absolute Gasteiger partial charge is 0.497 e. The van der Waals surface area contributed by atoms with Gasteiger partial charge in [0.05, 0.1) is 12.6 Å². The molecule has 0 saturated heterocycles. The number of rotatable bonds is 3. The minimum absolute atomic E-state index is 0.0433. The fourth-order valence-electron chi connectivity index (χ4n) is 3.16. The summed E-state index contributed by atoms with van der Waals surface area (Å²) in [7, 11) is 1.60. The van der Waals surface area contributed by atoms with E-state index in [1.165, 1.54) is 5.56 Å². The molecule has 2 heterocycles. The number of benzene rings is 2. The molecule has 3 aromatic rings. The number of pyridine rings is 1. The van der Waals surface area contributed by atoms with Crippen LogP contribution in [-0.2, 0) is 14.9 Å². The lowest BCUT2D eigenvalue weighted by Gasteiger charge is -2.18. The van der Waals surface area contributed by atoms with Gasteiger partial charge in [-0.15, -0.1) is 0 Å². The van der Waals surface area contributed by atoms with Crippen molar-refractivity contribution >= 4 is 40.4 Å². The third-order valence-electron chi connectivity index (χ3n) is 4.92. The average molecular weight is 421 g/mol. The molecular formula is C24H21ClN2O3. The molecule has 0 amide bonds. The van der Waals surface area contributed by atoms with Gasteiger partial charge in [0.2, 0.25) is 5.90 Å². The standard InChI is InChI=1S/C24H21ClN2O3/c1-24(2,3)17-8-5-14(6-9-17)22-27-20(23(28)30-22)12-16-11-15-7-10-18(29-4)13-19(15)26-21(16)25/h5-13H,1-4H3/b20-12+. The number of nitrogens with zero attached hydrogens (tertiary/aromatic N) is 2. The van der Waals surface area contributed by atoms with Crippen molar-refractivity contribution in [1.82, 2.24) is 4.98 Å². The molecule has 1 aliphatic rings. The molecule has 0 unspecified atom stereocenters. The number of halogens is 1. The number of carbonyl (C=O) groups is 1. The summed E-state index contributed by atoms with van der Waals surface area (Å²) in [6, 6.07) is 15.3. The van der Waals surface area contributed by atoms with Gasteiger partial charge < -0.3 is 9.47 Å². The van der Waals surface area contributed by atoms with Crippen molar-refractivity contribution in [3.63, 3.8) is 0 Å². The van der Waals surface area contributed by atoms with Crippen molar-refractivity contribution in [2.45, 2.75) is 26.2 Å². The number of cyclic esters (lactones) is 1. The van der Waals surface area contributed by atoms with Crippen molar-refractivity contribution < 1.29 is 14.3 Å². The van der Waals surface area contributed by atoms with E-state index >= 15 is 0 Å². The topological polar surface area (TPSA) is 60.8 Å². The molecule has 5 nitrogen and oxygen atoms in total. The van der Waals surface area contributed by atoms with E-state index in [4.69, 9.17) is 21.1 Å². The van der Waals surface area contributed by atoms with Gasteiger partial charge in [-0.25, -0.2) is 14.8 Å². The summed E-state index contributed by atoms with van der Waals surface area (Å²) in [4.78, 5) is 21.1. The minimum atomic E-state index is -0.518. The van der Waals surface area contributed by atoms with E-state index in [0.29, 0.717) is 16.8 Å². The molecule has 1 aromatic heterocycles. The first-order valence-electron chi connectivity index (χ1n) is 9.52. The third-order valence-corrected chi connectivity index (χ3v) is 5.22. The first kappa shape index (κ1) is 20.1. The van der Waals surface area contributed by atoms with Crippen molar-refractivity contribution in [3.8, 4) is 5.75 Å². The fraction of sp³-hybridized carbons (Fsp3) is 0.208. The summed E-state index contributed by atoms with van der Waals surface area (Å²) in [5, 5.41) is 1.15. The van der Waals surface area contributed by atoms with Crippen molar-refractivity contribution in [1.29, 1.82) is 0 Å². The Balaban J connectivity index is 1.67. The van der Waals surface area contributed by atoms with Gasteiger partial charge in [-0.2, -0.15) is 0 Å². The van der Waals surface area contributed by atoms with Crippen LogP contribution in [0.1, 0.15) is 37.5 Å². The maximum absolute atomic E-state index is 12.4. The highest BCUT2D eigenvalue weighted by Crippen LogP contribution is 2.28. The van der Waals surface area contributed by atoms with Crippen molar-refractivity contribution in [3.05, 3.63) is 76.1 Å². The first-order chi connectivity index (χ1) is 14.2. The zero-order chi connectivity index (χ0) is 21.5. The Morgan fingerprint density at radius 3 is 2.47 bits per heavy atom. The number of aliphatic imine (C=N–C) groups is 1. The lowest BCUT2D eigenvalue weighted by Crippen LogP contribution is -2.11. The molecule has 4 rings (SSSR count). The average Bonchev–Trinajstić information content (AvgIpc) is 3.08. The number of carbonyl (C=O) groups excluding carboxylic acids is 1. The van der Waals surface area contributed by atoms with Crippen molar-refractivity contribution in [2.24, 2.45) is 4.99 Å². The third kappa shape index (κ3) is 3.94. The van der Waals surface area contributed by atoms with Crippen LogP contribution in [0.2, 0.25) is 5.15 Å². The molecule has 2 aromatic carbocycles. The van der Waals surface area contributed by atoms with E-state index in [2.05, 4.69) is 30.7 Å². The molecular weight excluding hydrogens is 400 g/mol. The van der Waals surface area contributed by atoms with Gasteiger partial charge >= 0.3 is 5.97 Å². The van der Waals surface area contributed by atoms with Gasteiger partial charge in [0.25, 0.3) is 0 Å². The van der Waals surface area contributed by atoms with E-state index in [1.807, 2.05) is 42.5 Å². The fourth-order valence-corrected chi connectivity index (χ4v) is 3.36. The zero-order valence-corrected chi connectivity index (χ0v) is 17.9. The molecule has 0 saturated carbocycles. The number of fused-ring (bicyclic) bond motifs is 1. The summed E-state index contributed by atoms with van der Waals surface area (Å²) < 4.78 is 10.6. The van der Waals surface area contributed by atoms with Crippen LogP contribution in [-0.4, -0.2) is 24.0 Å². The van der Waals surface area contributed by atoms with E-state index in [0.717, 1.165) is 10.9 Å². The molecule has 0 spiro atoms. The quantitative estimate of drug-likeness (QED) is 0.317. The Morgan fingerprint density at radius 2 is 1.80 bits per heavy atom. The number of aromatic nitrogens is 1. The number of hydrogen-bond donors (Lipinski definition) is 0. The Morgan fingerprint density at radius 1 is 1.07 bits per heavy atom. The normalized spacial score (nSPS) is 15.4. The van der Waals surface area contributed by atoms with E-state index in [-0.39, 0.29) is 22.2 Å². The van der Waals surface area contributed by atoms with Crippen LogP contribution in [0.4, 0.5) is 0 Å². The highest BCUT2D eigenvalue weighted by Gasteiger charge is 2.25. The molecule has 0 bridgehead atoms. The lowest BCUT2D eigenvalue weighted by atomic mass is 9.87. The molecule has 0 N–H and O–H groups in total. The van der Waals surface area contributed by atoms with Gasteiger partial charge in [0, 0.05) is 22.6 Å². The summed E-state index contributed by atoms with van der Waals surface area (Å²) >= 11 is 6.34. The van der Waals surface area contributed by atoms with Crippen LogP contribution >= 0.6 is 11.6 Å². The summed E-state index contributed by atoms with van der Waals surface area (Å²) in [5.74, 6) is 0.459. The van der Waals surface area contributed by atoms with Crippen LogP contribution in [0.3, 0.4) is 0 Å². The molecule has 30 heavy (non-hydrogen) atoms. The van der Waals surface area contributed by atoms with Crippen LogP contribution in [0.5, 0.6) is 5.75 Å². The molecule has 0 radical (unpaired) electrons. The number of hydrogen-bond acceptors (Lipinski definition) is 5. The highest BCUT2D eigenvalue weighted by atomic mass is 35.5. The molecule has 6 heteroatoms. The maximum atomic E-state index is 12.4. The zero-order valence-electron chi connectivity index (χ0n) is 17.2. The van der Waals surface area contributed by atoms with E-state index < -0.39 is 5.97 Å². The van der Waals surface area contributed by atoms with E-state index in [1.54, 1.807) is 19.3 Å². The van der Waals surface area contributed by atoms with Gasteiger partial charge in [0.15, 0.2) is 5.70 Å². The van der Waals surface area contributed by atoms with Crippen LogP contribution in [0.15, 0.2) is 59.2 Å². The molecule has 0 fully saturated rings. The number of methoxy groups -OCH3 is 1. The molecule has 152 valence electrons. The van der Waals surface area contributed by atoms with Crippen molar-refractivity contribution in [2.75, 3.05) is 7.11 Å². The van der Waals surface area contributed by atoms with Gasteiger partial charge in [-0.3, -0.25) is 0 Å². The van der Waals surface area contributed by atoms with Crippen LogP contribution in [0, 0.1) is 0 Å². The highest BCUT2D eigenvalue weighted by molar-refractivity contribution is 6.31. The summed E-state index contributed by atoms with van der Waals surface area (Å²) in [5.41, 5.74) is 3.46. The maximum Gasteiger partial charge on any atom is 0.363 e. The van der Waals surface area contributed by atoms with Gasteiger partial charge in [-0.05, 0) is 47.4 Å². The molecule has 1 aliphatic heterocycles. The Kier molecular flexibility index (Phi) is 5.08. The number of esters is 1. The Bertz CT molecular complexity index is 1210. The first-order valence-corrected chi connectivity index (χ1v) is 9.90. The lowest BCUT2D eigenvalue weighted by molar-refractivity contribution is -0.129. The Labute approximate surface area is 180 Å². The molecule has 0 aliphatic carbocycles. The predicted molar refractivity (Wildman–Crippen MR) is 119 cm³/mol. The summed E-state index contributed by atoms with van der Waals surface area (Å²) in [6.07, 6.45) is 1.60. The van der Waals surface area contributed by atoms with Gasteiger partial charge in [-0.1, -0.05) is 44.5 Å². The Hall–Kier alpha value is -3.18. The SMILES string of the molecule is COc1ccc2cc(/C=C3/N=C(c4ccc(C(C)(C)C)cc4)OC3=O)c(Cl)nc2c1. The van der Waals surface area contributed by atoms with Crippen LogP contribution in [0.25, 0.3) is 17.0 Å². The minimum Gasteiger partial charge on any atom is -0.497 e. The smallest absolute Gasteiger partial charge is 0.363 e. The monoisotopic (exact) mass is 420 g/mol. The second-order valence-electron chi connectivity index (χ2n) is 8.09. The van der Waals surface area contributed by atoms with Crippen LogP contribution < -0.4 is 4.74 Å². The number of ether oxygens (including phenoxy) is 2. The molecule has 0 atom stereocenters. The predicted octanol–water partition coefficient (Wildman–Crippen LogP) is 5.54. The second-order valence-corrected chi connectivity index (χ2v) is 8.45. The van der Waals surface area contributed by atoms with E-state index in [9.17, 15) is 4.79 Å². The summed E-state index contributed by atoms with van der Waals surface area (Å²) in [6.45, 7) is 6.44.